The molecule has 0 spiro atoms. The van der Waals surface area contributed by atoms with Crippen LogP contribution < -0.4 is 4.31 Å². The van der Waals surface area contributed by atoms with E-state index in [2.05, 4.69) is 60.6 Å². The maximum Gasteiger partial charge on any atom is 0.233 e. The van der Waals surface area contributed by atoms with Crippen LogP contribution >= 0.6 is 0 Å². The second kappa shape index (κ2) is 12.3. The normalized spacial score (nSPS) is 16.0. The van der Waals surface area contributed by atoms with Crippen LogP contribution in [0.2, 0.25) is 0 Å². The molecule has 0 saturated carbocycles. The second-order valence-corrected chi connectivity index (χ2v) is 14.8. The van der Waals surface area contributed by atoms with Gasteiger partial charge in [0.25, 0.3) is 0 Å². The molecular formula is C32H45FN2O3S. The van der Waals surface area contributed by atoms with Crippen molar-refractivity contribution in [3.63, 3.8) is 0 Å². The van der Waals surface area contributed by atoms with Crippen molar-refractivity contribution in [2.75, 3.05) is 17.1 Å². The molecule has 1 aromatic heterocycles. The van der Waals surface area contributed by atoms with Crippen molar-refractivity contribution >= 4 is 27.7 Å². The highest BCUT2D eigenvalue weighted by molar-refractivity contribution is 7.92. The third kappa shape index (κ3) is 8.23. The van der Waals surface area contributed by atoms with Crippen molar-refractivity contribution in [1.82, 2.24) is 4.98 Å². The highest BCUT2D eigenvalue weighted by Crippen LogP contribution is 2.41. The van der Waals surface area contributed by atoms with Crippen LogP contribution in [0.4, 0.5) is 10.2 Å². The molecule has 0 N–H and O–H groups in total. The molecule has 39 heavy (non-hydrogen) atoms. The number of carbonyl (C=O) groups is 1. The van der Waals surface area contributed by atoms with Crippen LogP contribution in [0, 0.1) is 23.1 Å². The van der Waals surface area contributed by atoms with E-state index in [1.807, 2.05) is 0 Å². The molecule has 2 atom stereocenters. The first-order chi connectivity index (χ1) is 18.1. The van der Waals surface area contributed by atoms with Gasteiger partial charge < -0.3 is 0 Å². The maximum absolute atomic E-state index is 13.9. The van der Waals surface area contributed by atoms with Gasteiger partial charge in [0.1, 0.15) is 17.4 Å². The molecule has 2 aromatic rings. The Hall–Kier alpha value is -2.54. The number of Topliss-reactive ketones (excluding diaryl/α,β-unsaturated/α-hetero) is 1. The number of aromatic nitrogens is 1. The van der Waals surface area contributed by atoms with Gasteiger partial charge in [0.05, 0.1) is 11.9 Å². The van der Waals surface area contributed by atoms with Gasteiger partial charge in [0.15, 0.2) is 0 Å². The van der Waals surface area contributed by atoms with Crippen LogP contribution in [0.15, 0.2) is 30.3 Å². The number of sulfonamides is 1. The minimum Gasteiger partial charge on any atom is -0.300 e. The highest BCUT2D eigenvalue weighted by atomic mass is 32.2. The summed E-state index contributed by atoms with van der Waals surface area (Å²) in [5.41, 5.74) is 4.43. The molecule has 0 radical (unpaired) electrons. The predicted octanol–water partition coefficient (Wildman–Crippen LogP) is 7.79. The summed E-state index contributed by atoms with van der Waals surface area (Å²) in [5, 5.41) is 0. The summed E-state index contributed by atoms with van der Waals surface area (Å²) in [4.78, 5) is 17.5. The van der Waals surface area contributed by atoms with Crippen molar-refractivity contribution in [3.8, 4) is 11.1 Å². The fraction of sp³-hybridized carbons (Fsp3) is 0.562. The minimum absolute atomic E-state index is 0.00153. The first-order valence-corrected chi connectivity index (χ1v) is 15.9. The molecular weight excluding hydrogens is 511 g/mol. The smallest absolute Gasteiger partial charge is 0.233 e. The minimum atomic E-state index is -3.50. The number of fused-ring (bicyclic) bond motifs is 1. The summed E-state index contributed by atoms with van der Waals surface area (Å²) in [6, 6.07) is 6.41. The molecule has 2 heterocycles. The van der Waals surface area contributed by atoms with E-state index in [4.69, 9.17) is 4.98 Å². The summed E-state index contributed by atoms with van der Waals surface area (Å²) in [5.74, 6) is 1.02. The lowest BCUT2D eigenvalue weighted by Crippen LogP contribution is -2.36. The first kappa shape index (κ1) is 31.0. The molecule has 0 aliphatic carbocycles. The maximum atomic E-state index is 13.9. The number of benzene rings is 1. The van der Waals surface area contributed by atoms with Crippen LogP contribution in [0.25, 0.3) is 17.2 Å². The third-order valence-corrected chi connectivity index (χ3v) is 8.27. The number of carbonyl (C=O) groups excluding carboxylic acids is 1. The molecule has 0 saturated heterocycles. The van der Waals surface area contributed by atoms with Gasteiger partial charge >= 0.3 is 0 Å². The van der Waals surface area contributed by atoms with Gasteiger partial charge in [-0.1, -0.05) is 72.8 Å². The van der Waals surface area contributed by atoms with Crippen molar-refractivity contribution in [2.45, 2.75) is 86.5 Å². The van der Waals surface area contributed by atoms with E-state index in [1.54, 1.807) is 12.1 Å². The van der Waals surface area contributed by atoms with E-state index in [0.29, 0.717) is 43.8 Å². The SMILES string of the molecule is CC(C)c1nc2c(c(-c3ccc(F)cc3)c1/C=C/[C@@H](C)C[C@@H](C)CC(=O)CC(C)(C)C)CCCN2S(C)(=O)=O. The summed E-state index contributed by atoms with van der Waals surface area (Å²) in [7, 11) is -3.50. The lowest BCUT2D eigenvalue weighted by molar-refractivity contribution is -0.121. The van der Waals surface area contributed by atoms with Crippen molar-refractivity contribution in [2.24, 2.45) is 17.3 Å². The van der Waals surface area contributed by atoms with E-state index < -0.39 is 10.0 Å². The average Bonchev–Trinajstić information content (AvgIpc) is 2.80. The van der Waals surface area contributed by atoms with Crippen LogP contribution in [0.1, 0.15) is 96.9 Å². The number of pyridine rings is 1. The van der Waals surface area contributed by atoms with E-state index in [-0.39, 0.29) is 29.0 Å². The number of hydrogen-bond donors (Lipinski definition) is 0. The summed E-state index contributed by atoms with van der Waals surface area (Å²) in [6.45, 7) is 15.1. The summed E-state index contributed by atoms with van der Waals surface area (Å²) >= 11 is 0. The molecule has 3 rings (SSSR count). The number of nitrogens with zero attached hydrogens (tertiary/aromatic N) is 2. The zero-order chi connectivity index (χ0) is 29.1. The molecule has 0 fully saturated rings. The monoisotopic (exact) mass is 556 g/mol. The Kier molecular flexibility index (Phi) is 9.79. The number of allylic oxidation sites excluding steroid dienone is 1. The Morgan fingerprint density at radius 1 is 1.13 bits per heavy atom. The number of anilines is 1. The largest absolute Gasteiger partial charge is 0.300 e. The Morgan fingerprint density at radius 2 is 1.77 bits per heavy atom. The molecule has 0 unspecified atom stereocenters. The first-order valence-electron chi connectivity index (χ1n) is 14.1. The van der Waals surface area contributed by atoms with E-state index in [1.165, 1.54) is 22.7 Å². The molecule has 1 aliphatic rings. The van der Waals surface area contributed by atoms with Crippen LogP contribution in [-0.4, -0.2) is 32.0 Å². The molecule has 7 heteroatoms. The molecule has 1 aliphatic heterocycles. The summed E-state index contributed by atoms with van der Waals surface area (Å²) in [6.07, 6.45) is 8.94. The zero-order valence-electron chi connectivity index (χ0n) is 24.8. The van der Waals surface area contributed by atoms with Crippen molar-refractivity contribution in [3.05, 3.63) is 53.0 Å². The van der Waals surface area contributed by atoms with Crippen LogP contribution in [0.3, 0.4) is 0 Å². The van der Waals surface area contributed by atoms with Gasteiger partial charge in [-0.25, -0.2) is 17.8 Å². The molecule has 0 bridgehead atoms. The van der Waals surface area contributed by atoms with Crippen molar-refractivity contribution < 1.29 is 17.6 Å². The van der Waals surface area contributed by atoms with Crippen molar-refractivity contribution in [1.29, 1.82) is 0 Å². The predicted molar refractivity (Wildman–Crippen MR) is 160 cm³/mol. The highest BCUT2D eigenvalue weighted by Gasteiger charge is 2.31. The molecule has 0 amide bonds. The Morgan fingerprint density at radius 3 is 2.33 bits per heavy atom. The quantitative estimate of drug-likeness (QED) is 0.299. The van der Waals surface area contributed by atoms with Gasteiger partial charge in [-0.05, 0) is 65.7 Å². The van der Waals surface area contributed by atoms with Gasteiger partial charge in [0.2, 0.25) is 10.0 Å². The number of ketones is 1. The van der Waals surface area contributed by atoms with Gasteiger partial charge in [-0.3, -0.25) is 9.10 Å². The number of halogens is 1. The van der Waals surface area contributed by atoms with Gasteiger partial charge in [-0.2, -0.15) is 0 Å². The Labute approximate surface area is 235 Å². The van der Waals surface area contributed by atoms with Crippen LogP contribution in [-0.2, 0) is 21.2 Å². The van der Waals surface area contributed by atoms with E-state index in [0.717, 1.165) is 34.4 Å². The van der Waals surface area contributed by atoms with Crippen LogP contribution in [0.5, 0.6) is 0 Å². The number of hydrogen-bond acceptors (Lipinski definition) is 4. The molecule has 214 valence electrons. The average molecular weight is 557 g/mol. The lowest BCUT2D eigenvalue weighted by atomic mass is 9.84. The fourth-order valence-corrected chi connectivity index (χ4v) is 6.51. The van der Waals surface area contributed by atoms with E-state index >= 15 is 0 Å². The van der Waals surface area contributed by atoms with Gasteiger partial charge in [0, 0.05) is 30.5 Å². The van der Waals surface area contributed by atoms with E-state index in [9.17, 15) is 17.6 Å². The molecule has 5 nitrogen and oxygen atoms in total. The molecule has 1 aromatic carbocycles. The number of rotatable bonds is 10. The standard InChI is InChI=1S/C32H45FN2O3S/c1-21(2)30-27(16-11-22(3)18-23(4)19-26(36)20-32(5,6)7)29(24-12-14-25(33)15-13-24)28-10-9-17-35(31(28)34-30)39(8,37)38/h11-16,21-23H,9-10,17-20H2,1-8H3/b16-11+/t22-,23-/m1/s1. The zero-order valence-corrected chi connectivity index (χ0v) is 25.7. The second-order valence-electron chi connectivity index (χ2n) is 12.8. The Balaban J connectivity index is 2.05. The fourth-order valence-electron chi connectivity index (χ4n) is 5.58. The Bertz CT molecular complexity index is 1310. The summed E-state index contributed by atoms with van der Waals surface area (Å²) < 4.78 is 40.7. The topological polar surface area (TPSA) is 67.3 Å². The third-order valence-electron chi connectivity index (χ3n) is 7.12. The lowest BCUT2D eigenvalue weighted by Gasteiger charge is -2.32. The van der Waals surface area contributed by atoms with Gasteiger partial charge in [-0.15, -0.1) is 0 Å².